The van der Waals surface area contributed by atoms with Crippen molar-refractivity contribution in [3.05, 3.63) is 71.4 Å². The summed E-state index contributed by atoms with van der Waals surface area (Å²) < 4.78 is 5.38. The second-order valence-corrected chi connectivity index (χ2v) is 6.52. The largest absolute Gasteiger partial charge is 0.378 e. The maximum Gasteiger partial charge on any atom is 0.267 e. The highest BCUT2D eigenvalue weighted by molar-refractivity contribution is 6.41. The number of carbonyl (C=O) groups excluding carboxylic acids is 2. The quantitative estimate of drug-likeness (QED) is 0.619. The first-order valence-corrected chi connectivity index (χ1v) is 8.73. The Morgan fingerprint density at radius 1 is 0.885 bits per heavy atom. The number of hydrogen-bond acceptors (Lipinski definition) is 4. The van der Waals surface area contributed by atoms with Gasteiger partial charge in [0, 0.05) is 30.4 Å². The number of imide groups is 1. The van der Waals surface area contributed by atoms with Crippen LogP contribution in [0, 0.1) is 6.92 Å². The monoisotopic (exact) mass is 348 g/mol. The molecule has 0 N–H and O–H groups in total. The van der Waals surface area contributed by atoms with E-state index in [1.807, 2.05) is 55.6 Å². The highest BCUT2D eigenvalue weighted by Gasteiger charge is 2.36. The number of morpholine rings is 1. The summed E-state index contributed by atoms with van der Waals surface area (Å²) >= 11 is 0. The van der Waals surface area contributed by atoms with Gasteiger partial charge < -0.3 is 9.64 Å². The van der Waals surface area contributed by atoms with Crippen LogP contribution in [-0.4, -0.2) is 43.0 Å². The number of carbonyl (C=O) groups is 2. The summed E-state index contributed by atoms with van der Waals surface area (Å²) in [6.45, 7) is 4.72. The van der Waals surface area contributed by atoms with E-state index in [2.05, 4.69) is 4.90 Å². The number of aryl methyl sites for hydroxylation is 1. The van der Waals surface area contributed by atoms with Gasteiger partial charge in [-0.15, -0.1) is 0 Å². The molecule has 26 heavy (non-hydrogen) atoms. The van der Waals surface area contributed by atoms with Crippen molar-refractivity contribution >= 4 is 23.1 Å². The van der Waals surface area contributed by atoms with E-state index in [1.165, 1.54) is 4.90 Å². The van der Waals surface area contributed by atoms with Crippen LogP contribution in [0.5, 0.6) is 0 Å². The first-order chi connectivity index (χ1) is 12.6. The Hall–Kier alpha value is -2.92. The normalized spacial score (nSPS) is 19.0. The van der Waals surface area contributed by atoms with Crippen LogP contribution in [0.15, 0.2) is 54.7 Å². The van der Waals surface area contributed by atoms with Crippen LogP contribution in [-0.2, 0) is 9.53 Å². The van der Waals surface area contributed by atoms with Crippen LogP contribution >= 0.6 is 0 Å². The molecule has 2 heterocycles. The van der Waals surface area contributed by atoms with E-state index in [1.54, 1.807) is 6.07 Å². The van der Waals surface area contributed by atoms with Crippen LogP contribution in [0.25, 0.3) is 5.57 Å². The van der Waals surface area contributed by atoms with Crippen molar-refractivity contribution in [1.29, 1.82) is 0 Å². The lowest BCUT2D eigenvalue weighted by molar-refractivity contribution is -0.112. The van der Waals surface area contributed by atoms with Crippen LogP contribution in [0.3, 0.4) is 0 Å². The molecule has 0 radical (unpaired) electrons. The van der Waals surface area contributed by atoms with Crippen LogP contribution in [0.1, 0.15) is 21.5 Å². The minimum Gasteiger partial charge on any atom is -0.378 e. The number of rotatable bonds is 2. The minimum atomic E-state index is -0.288. The fourth-order valence-electron chi connectivity index (χ4n) is 3.30. The van der Waals surface area contributed by atoms with Crippen molar-refractivity contribution in [3.63, 3.8) is 0 Å². The van der Waals surface area contributed by atoms with Gasteiger partial charge in [-0.3, -0.25) is 9.59 Å². The van der Waals surface area contributed by atoms with Gasteiger partial charge >= 0.3 is 0 Å². The van der Waals surface area contributed by atoms with E-state index < -0.39 is 0 Å². The summed E-state index contributed by atoms with van der Waals surface area (Å²) in [4.78, 5) is 29.6. The number of hydrogen-bond donors (Lipinski definition) is 0. The number of fused-ring (bicyclic) bond motifs is 1. The number of nitrogens with zero attached hydrogens (tertiary/aromatic N) is 2. The molecule has 2 amide bonds. The Balaban J connectivity index is 1.81. The van der Waals surface area contributed by atoms with Crippen molar-refractivity contribution in [2.75, 3.05) is 31.2 Å². The summed E-state index contributed by atoms with van der Waals surface area (Å²) in [6, 6.07) is 14.7. The van der Waals surface area contributed by atoms with E-state index in [4.69, 9.17) is 4.74 Å². The van der Waals surface area contributed by atoms with Crippen molar-refractivity contribution in [2.45, 2.75) is 6.92 Å². The van der Waals surface area contributed by atoms with Crippen molar-refractivity contribution in [1.82, 2.24) is 4.90 Å². The third kappa shape index (κ3) is 2.91. The van der Waals surface area contributed by atoms with E-state index in [9.17, 15) is 9.59 Å². The van der Waals surface area contributed by atoms with Gasteiger partial charge in [0.15, 0.2) is 0 Å². The molecule has 2 aliphatic rings. The van der Waals surface area contributed by atoms with E-state index in [0.717, 1.165) is 18.7 Å². The number of anilines is 1. The second-order valence-electron chi connectivity index (χ2n) is 6.52. The molecule has 0 unspecified atom stereocenters. The van der Waals surface area contributed by atoms with E-state index in [0.29, 0.717) is 35.6 Å². The molecule has 0 saturated carbocycles. The lowest BCUT2D eigenvalue weighted by atomic mass is 9.93. The molecule has 2 aromatic carbocycles. The first kappa shape index (κ1) is 16.5. The van der Waals surface area contributed by atoms with Gasteiger partial charge in [-0.2, -0.15) is 0 Å². The van der Waals surface area contributed by atoms with Gasteiger partial charge in [-0.05, 0) is 25.1 Å². The van der Waals surface area contributed by atoms with E-state index >= 15 is 0 Å². The molecule has 5 heteroatoms. The summed E-state index contributed by atoms with van der Waals surface area (Å²) in [5.41, 5.74) is 3.45. The molecule has 132 valence electrons. The van der Waals surface area contributed by atoms with Crippen molar-refractivity contribution < 1.29 is 14.3 Å². The molecule has 1 fully saturated rings. The molecule has 0 spiro atoms. The first-order valence-electron chi connectivity index (χ1n) is 8.73. The second kappa shape index (κ2) is 6.77. The molecule has 4 rings (SSSR count). The summed E-state index contributed by atoms with van der Waals surface area (Å²) in [7, 11) is 0. The lowest BCUT2D eigenvalue weighted by Gasteiger charge is -2.31. The molecular formula is C21H20N2O3. The predicted octanol–water partition coefficient (Wildman–Crippen LogP) is 2.86. The third-order valence-electron chi connectivity index (χ3n) is 4.73. The van der Waals surface area contributed by atoms with E-state index in [-0.39, 0.29) is 11.8 Å². The van der Waals surface area contributed by atoms with Crippen LogP contribution in [0.2, 0.25) is 0 Å². The maximum absolute atomic E-state index is 13.2. The molecule has 1 saturated heterocycles. The predicted molar refractivity (Wildman–Crippen MR) is 99.8 cm³/mol. The van der Waals surface area contributed by atoms with Gasteiger partial charge in [-0.1, -0.05) is 35.9 Å². The van der Waals surface area contributed by atoms with Crippen molar-refractivity contribution in [3.8, 4) is 0 Å². The zero-order chi connectivity index (χ0) is 18.1. The molecule has 0 aromatic heterocycles. The topological polar surface area (TPSA) is 49.9 Å². The zero-order valence-corrected chi connectivity index (χ0v) is 14.6. The van der Waals surface area contributed by atoms with Gasteiger partial charge in [-0.25, -0.2) is 4.90 Å². The molecule has 2 aliphatic heterocycles. The Labute approximate surface area is 152 Å². The number of amides is 2. The average Bonchev–Trinajstić information content (AvgIpc) is 2.67. The van der Waals surface area contributed by atoms with Crippen LogP contribution < -0.4 is 4.90 Å². The summed E-state index contributed by atoms with van der Waals surface area (Å²) in [5.74, 6) is -0.572. The molecule has 2 aromatic rings. The summed E-state index contributed by atoms with van der Waals surface area (Å²) in [5, 5.41) is 0. The fraction of sp³-hybridized carbons (Fsp3) is 0.238. The Morgan fingerprint density at radius 2 is 1.54 bits per heavy atom. The fourth-order valence-corrected chi connectivity index (χ4v) is 3.30. The van der Waals surface area contributed by atoms with Gasteiger partial charge in [0.25, 0.3) is 11.8 Å². The molecule has 0 atom stereocenters. The smallest absolute Gasteiger partial charge is 0.267 e. The maximum atomic E-state index is 13.2. The Kier molecular flexibility index (Phi) is 4.31. The molecule has 0 bridgehead atoms. The number of ether oxygens (including phenoxy) is 1. The Bertz CT molecular complexity index is 880. The standard InChI is InChI=1S/C21H20N2O3/c1-15-6-8-16(9-7-15)23-20(24)18-5-3-2-4-17(18)19(21(23)25)14-22-10-12-26-13-11-22/h2-9,14H,10-13H2,1H3. The number of benzene rings is 2. The third-order valence-corrected chi connectivity index (χ3v) is 4.73. The SMILES string of the molecule is Cc1ccc(N2C(=O)C(=CN3CCOCC3)c3ccccc3C2=O)cc1. The van der Waals surface area contributed by atoms with Crippen molar-refractivity contribution in [2.24, 2.45) is 0 Å². The van der Waals surface area contributed by atoms with Gasteiger partial charge in [0.2, 0.25) is 0 Å². The van der Waals surface area contributed by atoms with Gasteiger partial charge in [0.05, 0.1) is 24.5 Å². The average molecular weight is 348 g/mol. The lowest BCUT2D eigenvalue weighted by Crippen LogP contribution is -2.43. The Morgan fingerprint density at radius 3 is 2.23 bits per heavy atom. The zero-order valence-electron chi connectivity index (χ0n) is 14.6. The molecule has 0 aliphatic carbocycles. The molecular weight excluding hydrogens is 328 g/mol. The summed E-state index contributed by atoms with van der Waals surface area (Å²) in [6.07, 6.45) is 1.87. The molecule has 5 nitrogen and oxygen atoms in total. The highest BCUT2D eigenvalue weighted by Crippen LogP contribution is 2.32. The van der Waals surface area contributed by atoms with Gasteiger partial charge in [0.1, 0.15) is 0 Å². The highest BCUT2D eigenvalue weighted by atomic mass is 16.5. The minimum absolute atomic E-state index is 0.284. The van der Waals surface area contributed by atoms with Crippen LogP contribution in [0.4, 0.5) is 5.69 Å².